The minimum absolute atomic E-state index is 0.0461. The Morgan fingerprint density at radius 2 is 2.00 bits per heavy atom. The summed E-state index contributed by atoms with van der Waals surface area (Å²) in [6.45, 7) is 4.41. The lowest BCUT2D eigenvalue weighted by Crippen LogP contribution is -2.23. The molecule has 1 atom stereocenters. The van der Waals surface area contributed by atoms with Crippen LogP contribution in [0.25, 0.3) is 0 Å². The van der Waals surface area contributed by atoms with Crippen molar-refractivity contribution >= 4 is 0 Å². The second-order valence-corrected chi connectivity index (χ2v) is 4.49. The van der Waals surface area contributed by atoms with Crippen molar-refractivity contribution in [2.45, 2.75) is 38.9 Å². The number of ether oxygens (including phenoxy) is 1. The molecule has 1 aromatic rings. The zero-order valence-corrected chi connectivity index (χ0v) is 11.5. The first-order valence-corrected chi connectivity index (χ1v) is 6.32. The van der Waals surface area contributed by atoms with Gasteiger partial charge in [0.05, 0.1) is 7.11 Å². The fourth-order valence-electron chi connectivity index (χ4n) is 2.09. The molecule has 0 saturated heterocycles. The summed E-state index contributed by atoms with van der Waals surface area (Å²) >= 11 is 0. The molecular formula is C14H20F3NO. The first-order chi connectivity index (χ1) is 8.87. The average molecular weight is 275 g/mol. The van der Waals surface area contributed by atoms with Gasteiger partial charge >= 0.3 is 6.18 Å². The number of rotatable bonds is 6. The first kappa shape index (κ1) is 15.8. The monoisotopic (exact) mass is 275 g/mol. The fourth-order valence-corrected chi connectivity index (χ4v) is 2.09. The van der Waals surface area contributed by atoms with Gasteiger partial charge in [-0.15, -0.1) is 0 Å². The van der Waals surface area contributed by atoms with Gasteiger partial charge < -0.3 is 10.1 Å². The maximum absolute atomic E-state index is 12.3. The van der Waals surface area contributed by atoms with Crippen molar-refractivity contribution in [1.82, 2.24) is 5.32 Å². The predicted molar refractivity (Wildman–Crippen MR) is 69.4 cm³/mol. The van der Waals surface area contributed by atoms with E-state index in [-0.39, 0.29) is 12.5 Å². The third-order valence-corrected chi connectivity index (χ3v) is 3.02. The Bertz CT molecular complexity index is 404. The van der Waals surface area contributed by atoms with E-state index in [1.54, 1.807) is 13.2 Å². The molecule has 0 aliphatic heterocycles. The van der Waals surface area contributed by atoms with Crippen molar-refractivity contribution in [2.24, 2.45) is 0 Å². The van der Waals surface area contributed by atoms with E-state index in [1.165, 1.54) is 0 Å². The lowest BCUT2D eigenvalue weighted by Gasteiger charge is -2.21. The van der Waals surface area contributed by atoms with Crippen molar-refractivity contribution in [1.29, 1.82) is 0 Å². The quantitative estimate of drug-likeness (QED) is 0.847. The van der Waals surface area contributed by atoms with E-state index in [4.69, 9.17) is 4.74 Å². The number of hydrogen-bond donors (Lipinski definition) is 1. The maximum atomic E-state index is 12.3. The van der Waals surface area contributed by atoms with Gasteiger partial charge in [0.15, 0.2) is 0 Å². The van der Waals surface area contributed by atoms with Crippen molar-refractivity contribution in [3.05, 3.63) is 29.3 Å². The van der Waals surface area contributed by atoms with Crippen molar-refractivity contribution < 1.29 is 17.9 Å². The molecule has 0 saturated carbocycles. The van der Waals surface area contributed by atoms with Gasteiger partial charge in [0.1, 0.15) is 5.75 Å². The summed E-state index contributed by atoms with van der Waals surface area (Å²) in [4.78, 5) is 0. The first-order valence-electron chi connectivity index (χ1n) is 6.32. The Kier molecular flexibility index (Phi) is 5.66. The van der Waals surface area contributed by atoms with Gasteiger partial charge in [-0.3, -0.25) is 0 Å². The third-order valence-electron chi connectivity index (χ3n) is 3.02. The van der Waals surface area contributed by atoms with Crippen molar-refractivity contribution in [2.75, 3.05) is 13.7 Å². The SMILES string of the molecule is CCNC(CCC(F)(F)F)c1ccc(OC)cc1C. The van der Waals surface area contributed by atoms with E-state index in [1.807, 2.05) is 26.0 Å². The summed E-state index contributed by atoms with van der Waals surface area (Å²) in [5.41, 5.74) is 1.83. The van der Waals surface area contributed by atoms with Crippen LogP contribution in [0.3, 0.4) is 0 Å². The standard InChI is InChI=1S/C14H20F3NO/c1-4-18-13(7-8-14(15,16)17)12-6-5-11(19-3)9-10(12)2/h5-6,9,13,18H,4,7-8H2,1-3H3. The number of hydrogen-bond acceptors (Lipinski definition) is 2. The molecule has 0 aliphatic rings. The molecule has 2 nitrogen and oxygen atoms in total. The largest absolute Gasteiger partial charge is 0.497 e. The highest BCUT2D eigenvalue weighted by Crippen LogP contribution is 2.30. The molecule has 0 heterocycles. The molecule has 1 unspecified atom stereocenters. The van der Waals surface area contributed by atoms with Gasteiger partial charge in [-0.25, -0.2) is 0 Å². The lowest BCUT2D eigenvalue weighted by molar-refractivity contribution is -0.136. The summed E-state index contributed by atoms with van der Waals surface area (Å²) in [7, 11) is 1.57. The minimum Gasteiger partial charge on any atom is -0.497 e. The van der Waals surface area contributed by atoms with Gasteiger partial charge in [-0.05, 0) is 43.1 Å². The smallest absolute Gasteiger partial charge is 0.389 e. The van der Waals surface area contributed by atoms with E-state index in [9.17, 15) is 13.2 Å². The van der Waals surface area contributed by atoms with Gasteiger partial charge in [-0.1, -0.05) is 13.0 Å². The molecule has 0 amide bonds. The second kappa shape index (κ2) is 6.80. The Morgan fingerprint density at radius 3 is 2.47 bits per heavy atom. The van der Waals surface area contributed by atoms with Gasteiger partial charge in [0.25, 0.3) is 0 Å². The maximum Gasteiger partial charge on any atom is 0.389 e. The highest BCUT2D eigenvalue weighted by atomic mass is 19.4. The van der Waals surface area contributed by atoms with Gasteiger partial charge in [0.2, 0.25) is 0 Å². The van der Waals surface area contributed by atoms with E-state index in [2.05, 4.69) is 5.32 Å². The van der Waals surface area contributed by atoms with Crippen LogP contribution < -0.4 is 10.1 Å². The summed E-state index contributed by atoms with van der Waals surface area (Å²) in [6, 6.07) is 5.17. The average Bonchev–Trinajstić information content (AvgIpc) is 2.33. The third kappa shape index (κ3) is 5.11. The number of aryl methyl sites for hydroxylation is 1. The van der Waals surface area contributed by atoms with E-state index >= 15 is 0 Å². The Labute approximate surface area is 112 Å². The van der Waals surface area contributed by atoms with E-state index < -0.39 is 12.6 Å². The van der Waals surface area contributed by atoms with E-state index in [0.29, 0.717) is 12.3 Å². The van der Waals surface area contributed by atoms with Crippen LogP contribution in [0.5, 0.6) is 5.75 Å². The number of alkyl halides is 3. The van der Waals surface area contributed by atoms with E-state index in [0.717, 1.165) is 11.1 Å². The number of methoxy groups -OCH3 is 1. The molecule has 108 valence electrons. The number of benzene rings is 1. The topological polar surface area (TPSA) is 21.3 Å². The minimum atomic E-state index is -4.12. The van der Waals surface area contributed by atoms with Crippen LogP contribution in [0.2, 0.25) is 0 Å². The van der Waals surface area contributed by atoms with Gasteiger partial charge in [0, 0.05) is 12.5 Å². The van der Waals surface area contributed by atoms with Crippen LogP contribution in [0.1, 0.15) is 36.9 Å². The highest BCUT2D eigenvalue weighted by molar-refractivity contribution is 5.36. The summed E-state index contributed by atoms with van der Waals surface area (Å²) < 4.78 is 42.1. The number of nitrogens with one attached hydrogen (secondary N) is 1. The van der Waals surface area contributed by atoms with Crippen LogP contribution >= 0.6 is 0 Å². The molecule has 1 N–H and O–H groups in total. The molecule has 0 spiro atoms. The van der Waals surface area contributed by atoms with Crippen molar-refractivity contribution in [3.8, 4) is 5.75 Å². The number of halogens is 3. The van der Waals surface area contributed by atoms with Crippen LogP contribution in [0, 0.1) is 6.92 Å². The molecule has 0 aromatic heterocycles. The molecule has 19 heavy (non-hydrogen) atoms. The fraction of sp³-hybridized carbons (Fsp3) is 0.571. The van der Waals surface area contributed by atoms with Crippen LogP contribution in [0.15, 0.2) is 18.2 Å². The predicted octanol–water partition coefficient (Wildman–Crippen LogP) is 4.00. The molecule has 0 bridgehead atoms. The Hall–Kier alpha value is -1.23. The molecule has 1 aromatic carbocycles. The highest BCUT2D eigenvalue weighted by Gasteiger charge is 2.28. The van der Waals surface area contributed by atoms with Crippen LogP contribution in [-0.2, 0) is 0 Å². The molecule has 0 aliphatic carbocycles. The molecule has 1 rings (SSSR count). The second-order valence-electron chi connectivity index (χ2n) is 4.49. The van der Waals surface area contributed by atoms with Crippen molar-refractivity contribution in [3.63, 3.8) is 0 Å². The van der Waals surface area contributed by atoms with Crippen LogP contribution in [-0.4, -0.2) is 19.8 Å². The zero-order chi connectivity index (χ0) is 14.5. The normalized spacial score (nSPS) is 13.4. The lowest BCUT2D eigenvalue weighted by atomic mass is 9.97. The Balaban J connectivity index is 2.86. The Morgan fingerprint density at radius 1 is 1.32 bits per heavy atom. The zero-order valence-electron chi connectivity index (χ0n) is 11.5. The molecule has 0 fully saturated rings. The summed E-state index contributed by atoms with van der Waals surface area (Å²) in [5.74, 6) is 0.715. The van der Waals surface area contributed by atoms with Gasteiger partial charge in [-0.2, -0.15) is 13.2 Å². The molecular weight excluding hydrogens is 255 g/mol. The summed E-state index contributed by atoms with van der Waals surface area (Å²) in [5, 5.41) is 3.11. The molecule has 5 heteroatoms. The van der Waals surface area contributed by atoms with Crippen LogP contribution in [0.4, 0.5) is 13.2 Å². The summed E-state index contributed by atoms with van der Waals surface area (Å²) in [6.07, 6.45) is -4.85. The molecule has 0 radical (unpaired) electrons.